The molecule has 0 spiro atoms. The SMILES string of the molecule is CC(C)(C)OC(=O)N1C[C@@H]2CN(c3ccccn3)C[C@H]2C1. The van der Waals surface area contributed by atoms with Crippen molar-refractivity contribution in [1.82, 2.24) is 9.88 Å². The third kappa shape index (κ3) is 3.12. The number of rotatable bonds is 1. The molecule has 3 rings (SSSR count). The third-order valence-corrected chi connectivity index (χ3v) is 4.11. The van der Waals surface area contributed by atoms with Gasteiger partial charge in [-0.05, 0) is 32.9 Å². The smallest absolute Gasteiger partial charge is 0.410 e. The molecule has 1 amide bonds. The summed E-state index contributed by atoms with van der Waals surface area (Å²) < 4.78 is 5.46. The minimum atomic E-state index is -0.422. The minimum absolute atomic E-state index is 0.179. The van der Waals surface area contributed by atoms with Gasteiger partial charge in [0.1, 0.15) is 11.4 Å². The number of ether oxygens (including phenoxy) is 1. The molecule has 0 radical (unpaired) electrons. The highest BCUT2D eigenvalue weighted by Gasteiger charge is 2.42. The van der Waals surface area contributed by atoms with E-state index in [1.807, 2.05) is 50.1 Å². The van der Waals surface area contributed by atoms with Crippen LogP contribution < -0.4 is 4.90 Å². The monoisotopic (exact) mass is 289 g/mol. The van der Waals surface area contributed by atoms with Gasteiger partial charge >= 0.3 is 6.09 Å². The molecule has 2 fully saturated rings. The Morgan fingerprint density at radius 3 is 2.38 bits per heavy atom. The Balaban J connectivity index is 1.58. The molecule has 0 aliphatic carbocycles. The summed E-state index contributed by atoms with van der Waals surface area (Å²) in [4.78, 5) is 20.7. The molecule has 0 saturated carbocycles. The molecule has 2 aliphatic rings. The standard InChI is InChI=1S/C16H23N3O2/c1-16(2,3)21-15(20)19-10-12-8-18(9-13(12)11-19)14-6-4-5-7-17-14/h4-7,12-13H,8-11H2,1-3H3/t12-,13-/m0/s1. The van der Waals surface area contributed by atoms with Gasteiger partial charge in [0.05, 0.1) is 0 Å². The molecule has 0 N–H and O–H groups in total. The van der Waals surface area contributed by atoms with E-state index in [1.54, 1.807) is 0 Å². The fraction of sp³-hybridized carbons (Fsp3) is 0.625. The quantitative estimate of drug-likeness (QED) is 0.796. The molecule has 1 aromatic rings. The van der Waals surface area contributed by atoms with Crippen molar-refractivity contribution in [3.05, 3.63) is 24.4 Å². The maximum absolute atomic E-state index is 12.1. The van der Waals surface area contributed by atoms with Crippen molar-refractivity contribution in [2.24, 2.45) is 11.8 Å². The molecule has 2 aliphatic heterocycles. The van der Waals surface area contributed by atoms with Crippen molar-refractivity contribution in [1.29, 1.82) is 0 Å². The molecule has 2 atom stereocenters. The van der Waals surface area contributed by atoms with Crippen molar-refractivity contribution < 1.29 is 9.53 Å². The normalized spacial score (nSPS) is 25.1. The van der Waals surface area contributed by atoms with E-state index in [-0.39, 0.29) is 6.09 Å². The summed E-state index contributed by atoms with van der Waals surface area (Å²) in [6.45, 7) is 9.26. The Morgan fingerprint density at radius 2 is 1.86 bits per heavy atom. The van der Waals surface area contributed by atoms with Crippen LogP contribution in [0.25, 0.3) is 0 Å². The van der Waals surface area contributed by atoms with Crippen LogP contribution in [0.1, 0.15) is 20.8 Å². The number of carbonyl (C=O) groups is 1. The Bertz CT molecular complexity index is 498. The number of fused-ring (bicyclic) bond motifs is 1. The summed E-state index contributed by atoms with van der Waals surface area (Å²) in [6, 6.07) is 6.00. The van der Waals surface area contributed by atoms with Crippen LogP contribution in [0.4, 0.5) is 10.6 Å². The zero-order valence-corrected chi connectivity index (χ0v) is 13.0. The van der Waals surface area contributed by atoms with Gasteiger partial charge in [-0.2, -0.15) is 0 Å². The van der Waals surface area contributed by atoms with Gasteiger partial charge in [0, 0.05) is 44.2 Å². The van der Waals surface area contributed by atoms with E-state index >= 15 is 0 Å². The second kappa shape index (κ2) is 5.20. The number of nitrogens with zero attached hydrogens (tertiary/aromatic N) is 3. The average Bonchev–Trinajstić information content (AvgIpc) is 2.95. The highest BCUT2D eigenvalue weighted by molar-refractivity contribution is 5.68. The molecule has 3 heterocycles. The van der Waals surface area contributed by atoms with E-state index in [1.165, 1.54) is 0 Å². The molecule has 0 bridgehead atoms. The van der Waals surface area contributed by atoms with E-state index in [0.717, 1.165) is 32.0 Å². The molecule has 21 heavy (non-hydrogen) atoms. The lowest BCUT2D eigenvalue weighted by Crippen LogP contribution is -2.37. The summed E-state index contributed by atoms with van der Waals surface area (Å²) in [5, 5.41) is 0. The summed E-state index contributed by atoms with van der Waals surface area (Å²) in [6.07, 6.45) is 1.65. The van der Waals surface area contributed by atoms with Crippen LogP contribution in [-0.2, 0) is 4.74 Å². The first-order valence-electron chi connectivity index (χ1n) is 7.56. The summed E-state index contributed by atoms with van der Waals surface area (Å²) in [7, 11) is 0. The van der Waals surface area contributed by atoms with Crippen LogP contribution >= 0.6 is 0 Å². The van der Waals surface area contributed by atoms with E-state index in [4.69, 9.17) is 4.74 Å². The van der Waals surface area contributed by atoms with Gasteiger partial charge in [-0.25, -0.2) is 9.78 Å². The molecule has 1 aromatic heterocycles. The van der Waals surface area contributed by atoms with Crippen LogP contribution in [0, 0.1) is 11.8 Å². The third-order valence-electron chi connectivity index (χ3n) is 4.11. The van der Waals surface area contributed by atoms with Gasteiger partial charge < -0.3 is 14.5 Å². The Hall–Kier alpha value is -1.78. The number of hydrogen-bond acceptors (Lipinski definition) is 4. The fourth-order valence-electron chi connectivity index (χ4n) is 3.20. The van der Waals surface area contributed by atoms with Crippen LogP contribution in [0.15, 0.2) is 24.4 Å². The highest BCUT2D eigenvalue weighted by atomic mass is 16.6. The molecule has 2 saturated heterocycles. The van der Waals surface area contributed by atoms with E-state index < -0.39 is 5.60 Å². The lowest BCUT2D eigenvalue weighted by Gasteiger charge is -2.26. The maximum Gasteiger partial charge on any atom is 0.410 e. The van der Waals surface area contributed by atoms with Crippen molar-refractivity contribution >= 4 is 11.9 Å². The minimum Gasteiger partial charge on any atom is -0.444 e. The van der Waals surface area contributed by atoms with Crippen molar-refractivity contribution in [2.45, 2.75) is 26.4 Å². The predicted octanol–water partition coefficient (Wildman–Crippen LogP) is 2.38. The zero-order valence-electron chi connectivity index (χ0n) is 13.0. The van der Waals surface area contributed by atoms with Gasteiger partial charge in [0.15, 0.2) is 0 Å². The molecule has 5 nitrogen and oxygen atoms in total. The molecular formula is C16H23N3O2. The summed E-state index contributed by atoms with van der Waals surface area (Å²) >= 11 is 0. The number of anilines is 1. The second-order valence-electron chi connectivity index (χ2n) is 7.00. The second-order valence-corrected chi connectivity index (χ2v) is 7.00. The number of aromatic nitrogens is 1. The first kappa shape index (κ1) is 14.2. The number of carbonyl (C=O) groups excluding carboxylic acids is 1. The first-order chi connectivity index (χ1) is 9.92. The van der Waals surface area contributed by atoms with Crippen molar-refractivity contribution in [3.63, 3.8) is 0 Å². The molecule has 5 heteroatoms. The molecular weight excluding hydrogens is 266 g/mol. The van der Waals surface area contributed by atoms with Gasteiger partial charge in [0.2, 0.25) is 0 Å². The Kier molecular flexibility index (Phi) is 3.51. The van der Waals surface area contributed by atoms with Crippen LogP contribution in [0.5, 0.6) is 0 Å². The van der Waals surface area contributed by atoms with E-state index in [9.17, 15) is 4.79 Å². The Morgan fingerprint density at radius 1 is 1.19 bits per heavy atom. The lowest BCUT2D eigenvalue weighted by molar-refractivity contribution is 0.0282. The van der Waals surface area contributed by atoms with Crippen LogP contribution in [0.2, 0.25) is 0 Å². The molecule has 0 unspecified atom stereocenters. The largest absolute Gasteiger partial charge is 0.444 e. The van der Waals surface area contributed by atoms with Crippen LogP contribution in [-0.4, -0.2) is 47.8 Å². The highest BCUT2D eigenvalue weighted by Crippen LogP contribution is 2.33. The van der Waals surface area contributed by atoms with Crippen LogP contribution in [0.3, 0.4) is 0 Å². The molecule has 0 aromatic carbocycles. The first-order valence-corrected chi connectivity index (χ1v) is 7.56. The summed E-state index contributed by atoms with van der Waals surface area (Å²) in [5.74, 6) is 2.09. The van der Waals surface area contributed by atoms with E-state index in [2.05, 4.69) is 9.88 Å². The maximum atomic E-state index is 12.1. The zero-order chi connectivity index (χ0) is 15.0. The van der Waals surface area contributed by atoms with Crippen molar-refractivity contribution in [2.75, 3.05) is 31.1 Å². The van der Waals surface area contributed by atoms with Crippen molar-refractivity contribution in [3.8, 4) is 0 Å². The lowest BCUT2D eigenvalue weighted by atomic mass is 10.0. The summed E-state index contributed by atoms with van der Waals surface area (Å²) in [5.41, 5.74) is -0.422. The fourth-order valence-corrected chi connectivity index (χ4v) is 3.20. The topological polar surface area (TPSA) is 45.7 Å². The number of likely N-dealkylation sites (tertiary alicyclic amines) is 1. The van der Waals surface area contributed by atoms with E-state index in [0.29, 0.717) is 11.8 Å². The van der Waals surface area contributed by atoms with Gasteiger partial charge in [-0.15, -0.1) is 0 Å². The average molecular weight is 289 g/mol. The van der Waals surface area contributed by atoms with Gasteiger partial charge in [0.25, 0.3) is 0 Å². The Labute approximate surface area is 125 Å². The number of hydrogen-bond donors (Lipinski definition) is 0. The molecule has 114 valence electrons. The predicted molar refractivity (Wildman–Crippen MR) is 81.2 cm³/mol. The van der Waals surface area contributed by atoms with Gasteiger partial charge in [-0.1, -0.05) is 6.07 Å². The number of amides is 1. The van der Waals surface area contributed by atoms with Gasteiger partial charge in [-0.3, -0.25) is 0 Å². The number of pyridine rings is 1.